The summed E-state index contributed by atoms with van der Waals surface area (Å²) in [5.74, 6) is 0.393. The number of rotatable bonds is 6. The fourth-order valence-electron chi connectivity index (χ4n) is 4.63. The van der Waals surface area contributed by atoms with Crippen LogP contribution in [0.5, 0.6) is 0 Å². The first-order valence-corrected chi connectivity index (χ1v) is 10.5. The molecule has 2 aromatic rings. The van der Waals surface area contributed by atoms with E-state index in [9.17, 15) is 4.79 Å². The minimum Gasteiger partial charge on any atom is -1.00 e. The van der Waals surface area contributed by atoms with Gasteiger partial charge in [0.15, 0.2) is 5.78 Å². The molecule has 28 heavy (non-hydrogen) atoms. The smallest absolute Gasteiger partial charge is 0.191 e. The van der Waals surface area contributed by atoms with Gasteiger partial charge in [-0.25, -0.2) is 0 Å². The molecule has 0 amide bonds. The molecular weight excluding hydrogens is 410 g/mol. The quantitative estimate of drug-likeness (QED) is 0.626. The molecule has 0 aliphatic carbocycles. The van der Waals surface area contributed by atoms with Gasteiger partial charge in [0.05, 0.1) is 13.1 Å². The fourth-order valence-corrected chi connectivity index (χ4v) is 4.63. The molecule has 0 aromatic heterocycles. The molecule has 0 atom stereocenters. The van der Waals surface area contributed by atoms with Crippen molar-refractivity contribution in [2.45, 2.75) is 58.9 Å². The second-order valence-electron chi connectivity index (χ2n) is 8.44. The van der Waals surface area contributed by atoms with E-state index in [2.05, 4.69) is 62.4 Å². The lowest BCUT2D eigenvalue weighted by Crippen LogP contribution is -3.00. The predicted octanol–water partition coefficient (Wildman–Crippen LogP) is 2.40. The Hall–Kier alpha value is -1.45. The van der Waals surface area contributed by atoms with Crippen LogP contribution in [-0.2, 0) is 17.8 Å². The molecule has 0 unspecified atom stereocenters. The predicted molar refractivity (Wildman–Crippen MR) is 113 cm³/mol. The van der Waals surface area contributed by atoms with E-state index in [0.717, 1.165) is 24.1 Å². The second kappa shape index (κ2) is 10.9. The lowest BCUT2D eigenvalue weighted by Gasteiger charge is -2.39. The summed E-state index contributed by atoms with van der Waals surface area (Å²) in [7, 11) is 0. The number of hydrogen-bond donors (Lipinski definition) is 0. The van der Waals surface area contributed by atoms with Gasteiger partial charge in [-0.3, -0.25) is 4.79 Å². The largest absolute Gasteiger partial charge is 1.00 e. The van der Waals surface area contributed by atoms with Crippen LogP contribution in [0.4, 0.5) is 0 Å². The number of carbonyl (C=O) groups is 1. The van der Waals surface area contributed by atoms with Crippen molar-refractivity contribution in [3.05, 3.63) is 70.8 Å². The van der Waals surface area contributed by atoms with E-state index in [1.54, 1.807) is 0 Å². The van der Waals surface area contributed by atoms with Gasteiger partial charge in [-0.15, -0.1) is 0 Å². The summed E-state index contributed by atoms with van der Waals surface area (Å²) in [6, 6.07) is 17.1. The van der Waals surface area contributed by atoms with Crippen LogP contribution in [-0.4, -0.2) is 29.9 Å². The van der Waals surface area contributed by atoms with E-state index in [0.29, 0.717) is 18.7 Å². The third-order valence-corrected chi connectivity index (χ3v) is 6.16. The third kappa shape index (κ3) is 6.28. The molecule has 1 aliphatic heterocycles. The molecular formula is C25H34BrNO. The van der Waals surface area contributed by atoms with Gasteiger partial charge in [-0.1, -0.05) is 55.0 Å². The first-order chi connectivity index (χ1) is 13.1. The first-order valence-electron chi connectivity index (χ1n) is 10.5. The number of ketones is 1. The van der Waals surface area contributed by atoms with Crippen molar-refractivity contribution in [3.63, 3.8) is 0 Å². The summed E-state index contributed by atoms with van der Waals surface area (Å²) in [6.07, 6.45) is 7.02. The Labute approximate surface area is 181 Å². The molecule has 1 saturated heterocycles. The van der Waals surface area contributed by atoms with E-state index in [4.69, 9.17) is 0 Å². The van der Waals surface area contributed by atoms with Gasteiger partial charge in [0.25, 0.3) is 0 Å². The summed E-state index contributed by atoms with van der Waals surface area (Å²) < 4.78 is 0.938. The highest BCUT2D eigenvalue weighted by Crippen LogP contribution is 2.23. The standard InChI is InChI=1S/C25H34NO.BrH/c1-21-12-11-13-22(2)25(21)18-24(27)20-26(16-9-4-3-5-10-17-26)19-23-14-7-6-8-15-23;/h6-8,11-15H,3-5,9-10,16-20H2,1-2H3;1H/q+1;/p-1. The van der Waals surface area contributed by atoms with Crippen LogP contribution in [0.25, 0.3) is 0 Å². The van der Waals surface area contributed by atoms with E-state index in [-0.39, 0.29) is 17.0 Å². The maximum atomic E-state index is 13.2. The Bertz CT molecular complexity index is 728. The monoisotopic (exact) mass is 443 g/mol. The molecule has 0 saturated carbocycles. The topological polar surface area (TPSA) is 17.1 Å². The van der Waals surface area contributed by atoms with E-state index < -0.39 is 0 Å². The highest BCUT2D eigenvalue weighted by atomic mass is 79.9. The zero-order chi connectivity index (χ0) is 19.1. The van der Waals surface area contributed by atoms with Gasteiger partial charge in [0.1, 0.15) is 13.1 Å². The number of likely N-dealkylation sites (tertiary alicyclic amines) is 1. The lowest BCUT2D eigenvalue weighted by atomic mass is 9.97. The number of nitrogens with zero attached hydrogens (tertiary/aromatic N) is 1. The number of hydrogen-bond acceptors (Lipinski definition) is 1. The Morgan fingerprint density at radius 1 is 0.821 bits per heavy atom. The molecule has 0 radical (unpaired) electrons. The minimum absolute atomic E-state index is 0. The van der Waals surface area contributed by atoms with Gasteiger partial charge in [0, 0.05) is 12.0 Å². The van der Waals surface area contributed by atoms with Gasteiger partial charge in [0.2, 0.25) is 0 Å². The summed E-state index contributed by atoms with van der Waals surface area (Å²) in [5.41, 5.74) is 5.07. The number of carbonyl (C=O) groups excluding carboxylic acids is 1. The van der Waals surface area contributed by atoms with Crippen molar-refractivity contribution in [3.8, 4) is 0 Å². The SMILES string of the molecule is Cc1cccc(C)c1CC(=O)C[N+]1(Cc2ccccc2)CCCCCCC1.[Br-]. The maximum absolute atomic E-state index is 13.2. The van der Waals surface area contributed by atoms with Crippen molar-refractivity contribution in [2.75, 3.05) is 19.6 Å². The third-order valence-electron chi connectivity index (χ3n) is 6.16. The summed E-state index contributed by atoms with van der Waals surface area (Å²) in [4.78, 5) is 13.2. The molecule has 0 bridgehead atoms. The molecule has 152 valence electrons. The summed E-state index contributed by atoms with van der Waals surface area (Å²) >= 11 is 0. The Balaban J connectivity index is 0.00000280. The van der Waals surface area contributed by atoms with Crippen LogP contribution in [0.15, 0.2) is 48.5 Å². The lowest BCUT2D eigenvalue weighted by molar-refractivity contribution is -0.934. The van der Waals surface area contributed by atoms with Crippen LogP contribution in [0.2, 0.25) is 0 Å². The highest BCUT2D eigenvalue weighted by Gasteiger charge is 2.31. The first kappa shape index (κ1) is 22.8. The van der Waals surface area contributed by atoms with Crippen molar-refractivity contribution >= 4 is 5.78 Å². The number of Topliss-reactive ketones (excluding diaryl/α,β-unsaturated/α-hetero) is 1. The van der Waals surface area contributed by atoms with Gasteiger partial charge in [-0.05, 0) is 56.2 Å². The molecule has 2 nitrogen and oxygen atoms in total. The average Bonchev–Trinajstić information content (AvgIpc) is 2.63. The van der Waals surface area contributed by atoms with Gasteiger partial charge < -0.3 is 21.5 Å². The van der Waals surface area contributed by atoms with Gasteiger partial charge >= 0.3 is 0 Å². The summed E-state index contributed by atoms with van der Waals surface area (Å²) in [6.45, 7) is 8.17. The minimum atomic E-state index is 0. The molecule has 3 rings (SSSR count). The van der Waals surface area contributed by atoms with Gasteiger partial charge in [-0.2, -0.15) is 0 Å². The molecule has 1 fully saturated rings. The Morgan fingerprint density at radius 2 is 1.39 bits per heavy atom. The van der Waals surface area contributed by atoms with E-state index in [1.807, 2.05) is 0 Å². The second-order valence-corrected chi connectivity index (χ2v) is 8.44. The fraction of sp³-hybridized carbons (Fsp3) is 0.480. The van der Waals surface area contributed by atoms with E-state index in [1.165, 1.54) is 54.4 Å². The molecule has 1 aliphatic rings. The van der Waals surface area contributed by atoms with Crippen molar-refractivity contribution in [1.82, 2.24) is 0 Å². The van der Waals surface area contributed by atoms with Crippen LogP contribution in [0.1, 0.15) is 54.4 Å². The van der Waals surface area contributed by atoms with Crippen molar-refractivity contribution < 1.29 is 26.3 Å². The summed E-state index contributed by atoms with van der Waals surface area (Å²) in [5, 5.41) is 0. The average molecular weight is 444 g/mol. The van der Waals surface area contributed by atoms with Crippen LogP contribution >= 0.6 is 0 Å². The number of quaternary nitrogens is 1. The molecule has 1 heterocycles. The van der Waals surface area contributed by atoms with Crippen molar-refractivity contribution in [2.24, 2.45) is 0 Å². The highest BCUT2D eigenvalue weighted by molar-refractivity contribution is 5.82. The Kier molecular flexibility index (Phi) is 8.91. The number of halogens is 1. The maximum Gasteiger partial charge on any atom is 0.191 e. The normalized spacial score (nSPS) is 16.5. The van der Waals surface area contributed by atoms with Crippen LogP contribution in [0, 0.1) is 13.8 Å². The zero-order valence-electron chi connectivity index (χ0n) is 17.4. The van der Waals surface area contributed by atoms with Crippen molar-refractivity contribution in [1.29, 1.82) is 0 Å². The van der Waals surface area contributed by atoms with Crippen LogP contribution < -0.4 is 17.0 Å². The Morgan fingerprint density at radius 3 is 2.00 bits per heavy atom. The van der Waals surface area contributed by atoms with E-state index >= 15 is 0 Å². The number of benzene rings is 2. The van der Waals surface area contributed by atoms with Crippen LogP contribution in [0.3, 0.4) is 0 Å². The molecule has 2 aromatic carbocycles. The zero-order valence-corrected chi connectivity index (χ0v) is 19.0. The molecule has 3 heteroatoms. The molecule has 0 spiro atoms. The number of aryl methyl sites for hydroxylation is 2. The molecule has 0 N–H and O–H groups in total.